The molecule has 0 aliphatic rings. The van der Waals surface area contributed by atoms with E-state index < -0.39 is 22.8 Å². The summed E-state index contributed by atoms with van der Waals surface area (Å²) >= 11 is 17.9. The first-order valence-corrected chi connectivity index (χ1v) is 39.4. The molecule has 4 aromatic carbocycles. The molecule has 390 valence electrons. The minimum absolute atomic E-state index is 0. The van der Waals surface area contributed by atoms with Gasteiger partial charge in [0.25, 0.3) is 0 Å². The molecule has 0 saturated heterocycles. The number of hydrogen-bond donors (Lipinski definition) is 0. The van der Waals surface area contributed by atoms with Crippen LogP contribution in [0.25, 0.3) is 0 Å². The van der Waals surface area contributed by atoms with E-state index >= 15 is 0 Å². The summed E-state index contributed by atoms with van der Waals surface area (Å²) in [6.45, 7) is 16.9. The molecule has 0 amide bonds. The summed E-state index contributed by atoms with van der Waals surface area (Å²) in [6.07, 6.45) is 15.9. The SMILES string of the molecule is CCCc1cccc([S+]=P([O-])([O-])[S-])c1CCC.CCCc1cccc([S+]=P([O-])([O-])[S-])c1CCC.CCCc1cccc([S+]=P([O-])([O-])[S-])c1CCC.CCCc1cccc([S+]=P([O-])([O-])[S-])c1CCC.[Mo+4].[Mo+4].[Mo+4]. The molecule has 0 fully saturated rings. The van der Waals surface area contributed by atoms with Gasteiger partial charge in [-0.05, 0) is 73.6 Å². The van der Waals surface area contributed by atoms with Crippen LogP contribution in [0.4, 0.5) is 0 Å². The second-order valence-electron chi connectivity index (χ2n) is 15.7. The molecule has 0 atom stereocenters. The van der Waals surface area contributed by atoms with Crippen molar-refractivity contribution in [2.24, 2.45) is 0 Å². The molecule has 4 aromatic rings. The standard InChI is InChI=1S/4C12H17O2PS2.3Mo/c4*1-3-6-10-8-5-9-12(11(10)7-4-2)17-15(13,14)16;;;/h4*5,8-9H,3-4,6-7H2,1-2H3;;;/q4*-2;3*+4. The van der Waals surface area contributed by atoms with Gasteiger partial charge in [-0.2, -0.15) is 0 Å². The van der Waals surface area contributed by atoms with Gasteiger partial charge in [0.2, 0.25) is 19.6 Å². The molecule has 0 N–H and O–H groups in total. The van der Waals surface area contributed by atoms with Gasteiger partial charge in [0.1, 0.15) is 43.8 Å². The Labute approximate surface area is 507 Å². The van der Waals surface area contributed by atoms with E-state index in [2.05, 4.69) is 129 Å². The summed E-state index contributed by atoms with van der Waals surface area (Å²) in [4.78, 5) is 93.1. The third-order valence-electron chi connectivity index (χ3n) is 9.84. The van der Waals surface area contributed by atoms with E-state index in [4.69, 9.17) is 0 Å². The summed E-state index contributed by atoms with van der Waals surface area (Å²) in [5, 5.41) is 0. The average Bonchev–Trinajstić information content (AvgIpc) is 3.22. The monoisotopic (exact) mass is 1450 g/mol. The average molecular weight is 1440 g/mol. The van der Waals surface area contributed by atoms with E-state index in [0.717, 1.165) is 188 Å². The van der Waals surface area contributed by atoms with E-state index in [1.165, 1.54) is 22.3 Å². The molecular formula is C48H68Mo3O8P4S8+4. The van der Waals surface area contributed by atoms with Crippen LogP contribution in [0.2, 0.25) is 0 Å². The van der Waals surface area contributed by atoms with Gasteiger partial charge in [0.15, 0.2) is 0 Å². The van der Waals surface area contributed by atoms with Gasteiger partial charge in [-0.1, -0.05) is 155 Å². The third-order valence-corrected chi connectivity index (χ3v) is 20.8. The van der Waals surface area contributed by atoms with E-state index in [1.54, 1.807) is 0 Å². The summed E-state index contributed by atoms with van der Waals surface area (Å²) in [7, 11) is 3.29. The fraction of sp³-hybridized carbons (Fsp3) is 0.500. The van der Waals surface area contributed by atoms with Crippen LogP contribution in [0, 0.1) is 0 Å². The predicted molar refractivity (Wildman–Crippen MR) is 297 cm³/mol. The second kappa shape index (κ2) is 41.6. The topological polar surface area (TPSA) is 184 Å². The van der Waals surface area contributed by atoms with Crippen molar-refractivity contribution in [1.82, 2.24) is 0 Å². The van der Waals surface area contributed by atoms with Crippen molar-refractivity contribution >= 4 is 116 Å². The molecule has 0 heterocycles. The maximum Gasteiger partial charge on any atom is 4.00 e. The van der Waals surface area contributed by atoms with Crippen molar-refractivity contribution in [2.45, 2.75) is 178 Å². The van der Waals surface area contributed by atoms with Crippen molar-refractivity contribution in [3.05, 3.63) is 117 Å². The minimum atomic E-state index is -3.73. The van der Waals surface area contributed by atoms with Crippen LogP contribution in [0.3, 0.4) is 0 Å². The summed E-state index contributed by atoms with van der Waals surface area (Å²) in [6, 6.07) is 23.4. The normalized spacial score (nSPS) is 11.1. The molecule has 4 rings (SSSR count). The first kappa shape index (κ1) is 77.9. The molecule has 0 radical (unpaired) electrons. The summed E-state index contributed by atoms with van der Waals surface area (Å²) < 4.78 is 0. The van der Waals surface area contributed by atoms with Gasteiger partial charge in [-0.3, -0.25) is 0 Å². The molecule has 23 heteroatoms. The first-order chi connectivity index (χ1) is 31.9. The molecule has 0 aliphatic carbocycles. The van der Waals surface area contributed by atoms with Crippen LogP contribution in [0.15, 0.2) is 92.4 Å². The van der Waals surface area contributed by atoms with Crippen LogP contribution >= 0.6 is 22.8 Å². The van der Waals surface area contributed by atoms with Crippen LogP contribution in [0.5, 0.6) is 0 Å². The zero-order valence-electron chi connectivity index (χ0n) is 41.8. The zero-order chi connectivity index (χ0) is 51.6. The fourth-order valence-corrected chi connectivity index (χ4v) is 18.1. The van der Waals surface area contributed by atoms with E-state index in [0.29, 0.717) is 0 Å². The van der Waals surface area contributed by atoms with Gasteiger partial charge in [-0.25, -0.2) is 0 Å². The predicted octanol–water partition coefficient (Wildman–Crippen LogP) is 7.91. The molecule has 0 spiro atoms. The van der Waals surface area contributed by atoms with Gasteiger partial charge < -0.3 is 88.1 Å². The second-order valence-corrected chi connectivity index (χ2v) is 38.3. The Kier molecular flexibility index (Phi) is 45.6. The quantitative estimate of drug-likeness (QED) is 0.0361. The maximum absolute atomic E-state index is 11.2. The Hall–Kier alpha value is 2.62. The van der Waals surface area contributed by atoms with Gasteiger partial charge in [0, 0.05) is 46.5 Å². The molecule has 0 aliphatic heterocycles. The minimum Gasteiger partial charge on any atom is -0.815 e. The maximum atomic E-state index is 11.2. The van der Waals surface area contributed by atoms with E-state index in [9.17, 15) is 39.1 Å². The van der Waals surface area contributed by atoms with Crippen LogP contribution in [-0.2, 0) is 207 Å². The molecule has 0 unspecified atom stereocenters. The Balaban J connectivity index is -0.000000856. The Bertz CT molecular complexity index is 2020. The molecule has 71 heavy (non-hydrogen) atoms. The largest absolute Gasteiger partial charge is 4.00 e. The summed E-state index contributed by atoms with van der Waals surface area (Å²) in [5.41, 5.74) is -5.28. The number of hydrogen-bond acceptors (Lipinski definition) is 12. The summed E-state index contributed by atoms with van der Waals surface area (Å²) in [5.74, 6) is 0. The van der Waals surface area contributed by atoms with Crippen molar-refractivity contribution in [2.75, 3.05) is 0 Å². The van der Waals surface area contributed by atoms with Crippen molar-refractivity contribution in [3.8, 4) is 0 Å². The van der Waals surface area contributed by atoms with Crippen molar-refractivity contribution in [3.63, 3.8) is 0 Å². The Morgan fingerprint density at radius 2 is 0.451 bits per heavy atom. The van der Waals surface area contributed by atoms with Crippen LogP contribution < -0.4 is 39.1 Å². The van der Waals surface area contributed by atoms with Crippen LogP contribution in [-0.4, -0.2) is 0 Å². The smallest absolute Gasteiger partial charge is 0.815 e. The molecule has 0 aromatic heterocycles. The van der Waals surface area contributed by atoms with E-state index in [-0.39, 0.29) is 63.2 Å². The molecule has 0 bridgehead atoms. The zero-order valence-corrected chi connectivity index (χ0v) is 57.9. The number of aryl methyl sites for hydroxylation is 4. The first-order valence-electron chi connectivity index (χ1n) is 23.2. The van der Waals surface area contributed by atoms with Crippen molar-refractivity contribution < 1.29 is 102 Å². The Morgan fingerprint density at radius 3 is 0.577 bits per heavy atom. The van der Waals surface area contributed by atoms with Gasteiger partial charge in [-0.15, -0.1) is 22.8 Å². The fourth-order valence-electron chi connectivity index (χ4n) is 7.42. The third kappa shape index (κ3) is 34.4. The van der Waals surface area contributed by atoms with Crippen molar-refractivity contribution in [1.29, 1.82) is 0 Å². The van der Waals surface area contributed by atoms with Gasteiger partial charge in [0.05, 0.1) is 0 Å². The number of rotatable bonds is 20. The molecule has 8 nitrogen and oxygen atoms in total. The Morgan fingerprint density at radius 1 is 0.296 bits per heavy atom. The van der Waals surface area contributed by atoms with Crippen LogP contribution in [0.1, 0.15) is 151 Å². The molecule has 0 saturated carbocycles. The van der Waals surface area contributed by atoms with E-state index in [1.807, 2.05) is 48.5 Å². The van der Waals surface area contributed by atoms with Gasteiger partial charge >= 0.3 is 63.2 Å². The molecular weight excluding hydrogens is 1370 g/mol. The number of benzene rings is 4.